The molecule has 0 aromatic heterocycles. The van der Waals surface area contributed by atoms with Crippen LogP contribution < -0.4 is 10.1 Å². The second-order valence-electron chi connectivity index (χ2n) is 8.12. The number of aliphatic hydroxyl groups is 1. The molecule has 0 bridgehead atoms. The van der Waals surface area contributed by atoms with Gasteiger partial charge in [-0.15, -0.1) is 0 Å². The largest absolute Gasteiger partial charge is 0.485 e. The van der Waals surface area contributed by atoms with Crippen molar-refractivity contribution in [2.45, 2.75) is 41.4 Å². The highest BCUT2D eigenvalue weighted by Crippen LogP contribution is 2.41. The second kappa shape index (κ2) is 8.03. The number of fused-ring (bicyclic) bond motifs is 1. The van der Waals surface area contributed by atoms with E-state index in [2.05, 4.69) is 5.32 Å². The first kappa shape index (κ1) is 22.0. The van der Waals surface area contributed by atoms with Crippen LogP contribution >= 0.6 is 0 Å². The zero-order chi connectivity index (χ0) is 23.1. The van der Waals surface area contributed by atoms with E-state index in [0.29, 0.717) is 11.3 Å². The number of nitrogens with one attached hydrogen (secondary N) is 1. The first-order valence-electron chi connectivity index (χ1n) is 9.97. The Balaban J connectivity index is 1.76. The van der Waals surface area contributed by atoms with Gasteiger partial charge in [-0.2, -0.15) is 0 Å². The fourth-order valence-electron chi connectivity index (χ4n) is 3.66. The normalized spacial score (nSPS) is 19.5. The number of ether oxygens (including phenoxy) is 1. The standard InChI is InChI=1S/C24H22FNO5S/c1-24(2)22(27)21(26-23(28)15-8-10-16(25)11-9-15)19-14-18(12-13-20(19)31-24)32(29,30)17-6-4-3-5-7-17/h3-14,21-22,27H,1-2H3,(H,26,28). The van der Waals surface area contributed by atoms with Crippen molar-refractivity contribution in [3.63, 3.8) is 0 Å². The van der Waals surface area contributed by atoms with Crippen molar-refractivity contribution in [1.29, 1.82) is 0 Å². The Labute approximate surface area is 185 Å². The molecule has 1 aliphatic heterocycles. The summed E-state index contributed by atoms with van der Waals surface area (Å²) >= 11 is 0. The fraction of sp³-hybridized carbons (Fsp3) is 0.208. The lowest BCUT2D eigenvalue weighted by molar-refractivity contribution is -0.0628. The SMILES string of the molecule is CC1(C)Oc2ccc(S(=O)(=O)c3ccccc3)cc2C(NC(=O)c2ccc(F)cc2)C1O. The Hall–Kier alpha value is -3.23. The van der Waals surface area contributed by atoms with E-state index in [1.54, 1.807) is 32.0 Å². The van der Waals surface area contributed by atoms with Gasteiger partial charge in [0, 0.05) is 11.1 Å². The summed E-state index contributed by atoms with van der Waals surface area (Å²) in [7, 11) is -3.82. The Bertz CT molecular complexity index is 1260. The van der Waals surface area contributed by atoms with Gasteiger partial charge in [0.1, 0.15) is 23.3 Å². The van der Waals surface area contributed by atoms with Crippen LogP contribution in [0.5, 0.6) is 5.75 Å². The molecule has 0 radical (unpaired) electrons. The predicted octanol–water partition coefficient (Wildman–Crippen LogP) is 3.66. The molecule has 166 valence electrons. The molecule has 0 fully saturated rings. The monoisotopic (exact) mass is 455 g/mol. The maximum Gasteiger partial charge on any atom is 0.251 e. The van der Waals surface area contributed by atoms with Crippen LogP contribution in [0.1, 0.15) is 35.8 Å². The molecule has 0 saturated heterocycles. The maximum atomic E-state index is 13.2. The van der Waals surface area contributed by atoms with Crippen LogP contribution in [0.25, 0.3) is 0 Å². The summed E-state index contributed by atoms with van der Waals surface area (Å²) in [6.45, 7) is 3.35. The maximum absolute atomic E-state index is 13.2. The van der Waals surface area contributed by atoms with Gasteiger partial charge in [-0.1, -0.05) is 18.2 Å². The summed E-state index contributed by atoms with van der Waals surface area (Å²) in [5.74, 6) is -0.652. The van der Waals surface area contributed by atoms with E-state index in [9.17, 15) is 22.7 Å². The Morgan fingerprint density at radius 3 is 2.31 bits per heavy atom. The van der Waals surface area contributed by atoms with E-state index in [1.165, 1.54) is 42.5 Å². The van der Waals surface area contributed by atoms with Crippen LogP contribution in [0, 0.1) is 5.82 Å². The third-order valence-electron chi connectivity index (χ3n) is 5.47. The highest BCUT2D eigenvalue weighted by molar-refractivity contribution is 7.91. The van der Waals surface area contributed by atoms with Gasteiger partial charge in [0.25, 0.3) is 5.91 Å². The number of hydrogen-bond acceptors (Lipinski definition) is 5. The number of carbonyl (C=O) groups excluding carboxylic acids is 1. The van der Waals surface area contributed by atoms with E-state index in [4.69, 9.17) is 4.74 Å². The van der Waals surface area contributed by atoms with Gasteiger partial charge < -0.3 is 15.2 Å². The van der Waals surface area contributed by atoms with E-state index < -0.39 is 39.3 Å². The van der Waals surface area contributed by atoms with Crippen molar-refractivity contribution in [2.24, 2.45) is 0 Å². The smallest absolute Gasteiger partial charge is 0.251 e. The lowest BCUT2D eigenvalue weighted by Gasteiger charge is -2.42. The van der Waals surface area contributed by atoms with E-state index >= 15 is 0 Å². The lowest BCUT2D eigenvalue weighted by Crippen LogP contribution is -2.53. The van der Waals surface area contributed by atoms with Crippen LogP contribution in [-0.2, 0) is 9.84 Å². The van der Waals surface area contributed by atoms with Crippen molar-refractivity contribution in [1.82, 2.24) is 5.32 Å². The van der Waals surface area contributed by atoms with Crippen molar-refractivity contribution < 1.29 is 27.4 Å². The average molecular weight is 456 g/mol. The van der Waals surface area contributed by atoms with Crippen molar-refractivity contribution in [3.05, 3.63) is 89.7 Å². The fourth-order valence-corrected chi connectivity index (χ4v) is 4.98. The molecular weight excluding hydrogens is 433 g/mol. The number of benzene rings is 3. The van der Waals surface area contributed by atoms with E-state index in [-0.39, 0.29) is 15.4 Å². The quantitative estimate of drug-likeness (QED) is 0.626. The molecule has 2 atom stereocenters. The van der Waals surface area contributed by atoms with Gasteiger partial charge in [0.15, 0.2) is 0 Å². The molecule has 1 aliphatic rings. The predicted molar refractivity (Wildman–Crippen MR) is 116 cm³/mol. The zero-order valence-electron chi connectivity index (χ0n) is 17.4. The summed E-state index contributed by atoms with van der Waals surface area (Å²) in [5, 5.41) is 13.7. The number of rotatable bonds is 4. The second-order valence-corrected chi connectivity index (χ2v) is 10.1. The topological polar surface area (TPSA) is 92.7 Å². The Morgan fingerprint density at radius 2 is 1.66 bits per heavy atom. The van der Waals surface area contributed by atoms with Gasteiger partial charge >= 0.3 is 0 Å². The summed E-state index contributed by atoms with van der Waals surface area (Å²) < 4.78 is 45.3. The molecular formula is C24H22FNO5S. The minimum absolute atomic E-state index is 0.0130. The van der Waals surface area contributed by atoms with Crippen LogP contribution in [0.15, 0.2) is 82.6 Å². The minimum atomic E-state index is -3.82. The molecule has 1 heterocycles. The number of halogens is 1. The molecule has 0 aliphatic carbocycles. The molecule has 2 unspecified atom stereocenters. The number of sulfone groups is 1. The van der Waals surface area contributed by atoms with Gasteiger partial charge in [-0.3, -0.25) is 4.79 Å². The Morgan fingerprint density at radius 1 is 1.00 bits per heavy atom. The van der Waals surface area contributed by atoms with Crippen molar-refractivity contribution >= 4 is 15.7 Å². The highest BCUT2D eigenvalue weighted by atomic mass is 32.2. The summed E-state index contributed by atoms with van der Waals surface area (Å²) in [4.78, 5) is 12.9. The van der Waals surface area contributed by atoms with Gasteiger partial charge in [-0.25, -0.2) is 12.8 Å². The van der Waals surface area contributed by atoms with Gasteiger partial charge in [-0.05, 0) is 68.4 Å². The molecule has 6 nitrogen and oxygen atoms in total. The summed E-state index contributed by atoms with van der Waals surface area (Å²) in [6.07, 6.45) is -1.17. The number of amides is 1. The van der Waals surface area contributed by atoms with Crippen LogP contribution in [0.4, 0.5) is 4.39 Å². The van der Waals surface area contributed by atoms with Gasteiger partial charge in [0.2, 0.25) is 9.84 Å². The Kier molecular flexibility index (Phi) is 5.52. The van der Waals surface area contributed by atoms with Gasteiger partial charge in [0.05, 0.1) is 15.8 Å². The molecule has 32 heavy (non-hydrogen) atoms. The lowest BCUT2D eigenvalue weighted by atomic mass is 9.86. The molecule has 3 aromatic carbocycles. The van der Waals surface area contributed by atoms with Crippen molar-refractivity contribution in [2.75, 3.05) is 0 Å². The van der Waals surface area contributed by atoms with E-state index in [1.807, 2.05) is 0 Å². The molecule has 8 heteroatoms. The van der Waals surface area contributed by atoms with E-state index in [0.717, 1.165) is 12.1 Å². The molecule has 2 N–H and O–H groups in total. The summed E-state index contributed by atoms with van der Waals surface area (Å²) in [5.41, 5.74) is -0.505. The first-order chi connectivity index (χ1) is 15.1. The number of aliphatic hydroxyl groups excluding tert-OH is 1. The van der Waals surface area contributed by atoms with Crippen LogP contribution in [0.2, 0.25) is 0 Å². The first-order valence-corrected chi connectivity index (χ1v) is 11.5. The molecule has 3 aromatic rings. The zero-order valence-corrected chi connectivity index (χ0v) is 18.3. The number of carbonyl (C=O) groups is 1. The van der Waals surface area contributed by atoms with Crippen LogP contribution in [0.3, 0.4) is 0 Å². The third kappa shape index (κ3) is 3.99. The highest BCUT2D eigenvalue weighted by Gasteiger charge is 2.44. The minimum Gasteiger partial charge on any atom is -0.485 e. The molecule has 0 saturated carbocycles. The average Bonchev–Trinajstić information content (AvgIpc) is 2.77. The summed E-state index contributed by atoms with van der Waals surface area (Å²) in [6, 6.07) is 16.4. The molecule has 0 spiro atoms. The number of hydrogen-bond donors (Lipinski definition) is 2. The molecule has 4 rings (SSSR count). The third-order valence-corrected chi connectivity index (χ3v) is 7.24. The van der Waals surface area contributed by atoms with Crippen LogP contribution in [-0.4, -0.2) is 31.1 Å². The molecule has 1 amide bonds. The van der Waals surface area contributed by atoms with Crippen molar-refractivity contribution in [3.8, 4) is 5.75 Å².